The summed E-state index contributed by atoms with van der Waals surface area (Å²) in [6.45, 7) is 13.2. The van der Waals surface area contributed by atoms with Gasteiger partial charge in [0.1, 0.15) is 19.3 Å². The minimum Gasteiger partial charge on any atom is -0.496 e. The predicted octanol–water partition coefficient (Wildman–Crippen LogP) is 8.22. The maximum atomic E-state index is 14.5. The lowest BCUT2D eigenvalue weighted by molar-refractivity contribution is 0.263. The Morgan fingerprint density at radius 2 is 1.34 bits per heavy atom. The number of aryl methyl sites for hydroxylation is 4. The van der Waals surface area contributed by atoms with Gasteiger partial charge in [-0.2, -0.15) is 0 Å². The highest BCUT2D eigenvalue weighted by molar-refractivity contribution is 7.54. The van der Waals surface area contributed by atoms with E-state index in [1.54, 1.807) is 14.2 Å². The third kappa shape index (κ3) is 4.51. The van der Waals surface area contributed by atoms with Crippen LogP contribution in [0.2, 0.25) is 0 Å². The zero-order chi connectivity index (χ0) is 27.3. The van der Waals surface area contributed by atoms with Crippen LogP contribution >= 0.6 is 7.80 Å². The molecule has 0 N–H and O–H groups in total. The second-order valence-electron chi connectivity index (χ2n) is 12.0. The van der Waals surface area contributed by atoms with Crippen molar-refractivity contribution in [3.05, 3.63) is 87.0 Å². The summed E-state index contributed by atoms with van der Waals surface area (Å²) >= 11 is 0. The van der Waals surface area contributed by atoms with Crippen LogP contribution in [0.15, 0.2) is 42.5 Å². The molecule has 202 valence electrons. The average molecular weight is 531 g/mol. The molecule has 1 saturated carbocycles. The molecule has 1 aliphatic carbocycles. The number of methoxy groups -OCH3 is 2. The molecule has 1 fully saturated rings. The molecular weight excluding hydrogens is 487 g/mol. The molecule has 0 bridgehead atoms. The van der Waals surface area contributed by atoms with Gasteiger partial charge in [0.25, 0.3) is 0 Å². The molecule has 3 aromatic carbocycles. The van der Waals surface area contributed by atoms with Crippen molar-refractivity contribution in [3.8, 4) is 11.5 Å². The molecule has 0 radical (unpaired) electrons. The molecule has 0 saturated heterocycles. The van der Waals surface area contributed by atoms with Crippen LogP contribution in [0.1, 0.15) is 89.5 Å². The summed E-state index contributed by atoms with van der Waals surface area (Å²) < 4.78 is 26.0. The molecule has 1 aliphatic heterocycles. The van der Waals surface area contributed by atoms with Crippen LogP contribution in [0.25, 0.3) is 0 Å². The first-order valence-corrected chi connectivity index (χ1v) is 15.6. The maximum absolute atomic E-state index is 14.5. The first-order chi connectivity index (χ1) is 18.2. The Hall–Kier alpha value is -2.51. The molecule has 2 aliphatic rings. The lowest BCUT2D eigenvalue weighted by atomic mass is 9.73. The van der Waals surface area contributed by atoms with E-state index in [0.717, 1.165) is 45.5 Å². The SMILES string of the molecule is COc1c(C)cc(C(c2cc(C)c(OC)c(C)c2)c2cccc3c2[PH](=O)[C@@H]2C[C@H](C)CC[C@H]2C3C)cc1C. The van der Waals surface area contributed by atoms with E-state index in [1.807, 2.05) is 0 Å². The molecule has 3 aromatic rings. The van der Waals surface area contributed by atoms with Gasteiger partial charge in [-0.25, -0.2) is 0 Å². The molecule has 5 rings (SSSR count). The second-order valence-corrected chi connectivity index (χ2v) is 13.9. The summed E-state index contributed by atoms with van der Waals surface area (Å²) in [6.07, 6.45) is 3.55. The fraction of sp³-hybridized carbons (Fsp3) is 0.471. The fourth-order valence-electron chi connectivity index (χ4n) is 7.71. The first-order valence-electron chi connectivity index (χ1n) is 14.1. The van der Waals surface area contributed by atoms with Crippen LogP contribution in [0.5, 0.6) is 11.5 Å². The zero-order valence-electron chi connectivity index (χ0n) is 24.3. The van der Waals surface area contributed by atoms with Gasteiger partial charge in [-0.05, 0) is 103 Å². The summed E-state index contributed by atoms with van der Waals surface area (Å²) in [4.78, 5) is 0. The smallest absolute Gasteiger partial charge is 0.124 e. The second kappa shape index (κ2) is 10.6. The predicted molar refractivity (Wildman–Crippen MR) is 160 cm³/mol. The van der Waals surface area contributed by atoms with E-state index in [9.17, 15) is 4.57 Å². The van der Waals surface area contributed by atoms with Crippen molar-refractivity contribution < 1.29 is 14.0 Å². The Labute approximate surface area is 229 Å². The Bertz CT molecular complexity index is 1280. The van der Waals surface area contributed by atoms with Gasteiger partial charge >= 0.3 is 0 Å². The van der Waals surface area contributed by atoms with E-state index in [1.165, 1.54) is 35.1 Å². The minimum atomic E-state index is -1.97. The van der Waals surface area contributed by atoms with E-state index in [-0.39, 0.29) is 5.92 Å². The molecule has 0 amide bonds. The molecule has 2 unspecified atom stereocenters. The summed E-state index contributed by atoms with van der Waals surface area (Å²) in [5, 5.41) is 1.16. The van der Waals surface area contributed by atoms with E-state index < -0.39 is 7.80 Å². The average Bonchev–Trinajstić information content (AvgIpc) is 2.87. The van der Waals surface area contributed by atoms with E-state index in [2.05, 4.69) is 84.0 Å². The highest BCUT2D eigenvalue weighted by Crippen LogP contribution is 2.54. The highest BCUT2D eigenvalue weighted by atomic mass is 31.1. The molecule has 38 heavy (non-hydrogen) atoms. The normalized spacial score (nSPS) is 24.6. The van der Waals surface area contributed by atoms with Gasteiger partial charge in [0, 0.05) is 16.9 Å². The summed E-state index contributed by atoms with van der Waals surface area (Å²) in [5.74, 6) is 3.48. The number of ether oxygens (including phenoxy) is 2. The zero-order valence-corrected chi connectivity index (χ0v) is 25.3. The minimum absolute atomic E-state index is 0.0183. The van der Waals surface area contributed by atoms with Crippen molar-refractivity contribution in [3.63, 3.8) is 0 Å². The number of rotatable bonds is 5. The third-order valence-electron chi connectivity index (χ3n) is 9.36. The largest absolute Gasteiger partial charge is 0.496 e. The van der Waals surface area contributed by atoms with Gasteiger partial charge in [-0.3, -0.25) is 0 Å². The van der Waals surface area contributed by atoms with Gasteiger partial charge in [0.05, 0.1) is 14.2 Å². The lowest BCUT2D eigenvalue weighted by Gasteiger charge is -2.43. The Kier molecular flexibility index (Phi) is 7.53. The third-order valence-corrected chi connectivity index (χ3v) is 11.8. The molecular formula is C34H43O3P. The van der Waals surface area contributed by atoms with E-state index in [4.69, 9.17) is 9.47 Å². The summed E-state index contributed by atoms with van der Waals surface area (Å²) in [6, 6.07) is 15.8. The standard InChI is InChI=1S/C34H43O3P/c1-19-12-13-27-24(6)28-10-9-11-29(34(28)38(35)30(27)14-19)31(25-15-20(2)32(36-7)21(3)16-25)26-17-22(4)33(37-8)23(5)18-26/h9-11,15-19,24,27,30-31,38H,12-14H2,1-8H3/t19-,24?,27+,30-/m1/s1. The van der Waals surface area contributed by atoms with Crippen molar-refractivity contribution in [2.24, 2.45) is 11.8 Å². The van der Waals surface area contributed by atoms with E-state index in [0.29, 0.717) is 23.4 Å². The van der Waals surface area contributed by atoms with Crippen molar-refractivity contribution in [1.82, 2.24) is 0 Å². The van der Waals surface area contributed by atoms with Crippen LogP contribution < -0.4 is 14.8 Å². The van der Waals surface area contributed by atoms with Crippen LogP contribution in [0.4, 0.5) is 0 Å². The van der Waals surface area contributed by atoms with Gasteiger partial charge in [0.2, 0.25) is 0 Å². The number of fused-ring (bicyclic) bond motifs is 2. The quantitative estimate of drug-likeness (QED) is 0.246. The van der Waals surface area contributed by atoms with Crippen LogP contribution in [-0.4, -0.2) is 19.9 Å². The monoisotopic (exact) mass is 530 g/mol. The van der Waals surface area contributed by atoms with E-state index >= 15 is 0 Å². The number of hydrogen-bond donors (Lipinski definition) is 0. The van der Waals surface area contributed by atoms with Gasteiger partial charge in [0.15, 0.2) is 0 Å². The molecule has 1 heterocycles. The molecule has 4 heteroatoms. The molecule has 0 aromatic heterocycles. The van der Waals surface area contributed by atoms with Gasteiger partial charge in [-0.1, -0.05) is 62.7 Å². The summed E-state index contributed by atoms with van der Waals surface area (Å²) in [5.41, 5.74) is 9.79. The Balaban J connectivity index is 1.77. The maximum Gasteiger partial charge on any atom is 0.124 e. The van der Waals surface area contributed by atoms with Crippen LogP contribution in [0.3, 0.4) is 0 Å². The lowest BCUT2D eigenvalue weighted by Crippen LogP contribution is -2.38. The van der Waals surface area contributed by atoms with Gasteiger partial charge in [-0.15, -0.1) is 0 Å². The summed E-state index contributed by atoms with van der Waals surface area (Å²) in [7, 11) is 1.52. The molecule has 0 spiro atoms. The van der Waals surface area contributed by atoms with Crippen molar-refractivity contribution in [1.29, 1.82) is 0 Å². The van der Waals surface area contributed by atoms with Crippen molar-refractivity contribution in [2.45, 2.75) is 78.3 Å². The fourth-order valence-corrected chi connectivity index (χ4v) is 10.6. The first kappa shape index (κ1) is 27.1. The number of benzene rings is 3. The van der Waals surface area contributed by atoms with Crippen LogP contribution in [-0.2, 0) is 4.57 Å². The van der Waals surface area contributed by atoms with Crippen LogP contribution in [0, 0.1) is 39.5 Å². The Morgan fingerprint density at radius 3 is 1.84 bits per heavy atom. The molecule has 3 nitrogen and oxygen atoms in total. The topological polar surface area (TPSA) is 35.5 Å². The van der Waals surface area contributed by atoms with Crippen molar-refractivity contribution >= 4 is 13.1 Å². The highest BCUT2D eigenvalue weighted by Gasteiger charge is 2.43. The van der Waals surface area contributed by atoms with Gasteiger partial charge < -0.3 is 14.0 Å². The number of hydrogen-bond acceptors (Lipinski definition) is 3. The van der Waals surface area contributed by atoms with Crippen molar-refractivity contribution in [2.75, 3.05) is 14.2 Å². The molecule has 5 atom stereocenters. The Morgan fingerprint density at radius 1 is 0.816 bits per heavy atom.